The molecule has 0 bridgehead atoms. The van der Waals surface area contributed by atoms with E-state index in [-0.39, 0.29) is 12.2 Å². The van der Waals surface area contributed by atoms with Crippen LogP contribution in [0.1, 0.15) is 26.3 Å². The summed E-state index contributed by atoms with van der Waals surface area (Å²) in [6.45, 7) is 5.70. The zero-order valence-electron chi connectivity index (χ0n) is 12.3. The molecule has 0 radical (unpaired) electrons. The van der Waals surface area contributed by atoms with Crippen molar-refractivity contribution in [2.45, 2.75) is 38.8 Å². The van der Waals surface area contributed by atoms with E-state index in [0.717, 1.165) is 15.7 Å². The zero-order valence-corrected chi connectivity index (χ0v) is 13.9. The highest BCUT2D eigenvalue weighted by atomic mass is 79.9. The number of nitrogens with one attached hydrogen (secondary N) is 2. The minimum Gasteiger partial charge on any atom is -0.444 e. The normalized spacial score (nSPS) is 18.3. The van der Waals surface area contributed by atoms with Gasteiger partial charge < -0.3 is 15.4 Å². The van der Waals surface area contributed by atoms with Crippen LogP contribution in [0.4, 0.5) is 10.5 Å². The number of alkyl carbamates (subject to hydrolysis) is 1. The summed E-state index contributed by atoms with van der Waals surface area (Å²) in [7, 11) is 0. The van der Waals surface area contributed by atoms with E-state index in [0.29, 0.717) is 6.54 Å². The Labute approximate surface area is 132 Å². The molecule has 0 unspecified atom stereocenters. The second-order valence-corrected chi connectivity index (χ2v) is 6.84. The van der Waals surface area contributed by atoms with E-state index in [1.165, 1.54) is 0 Å². The number of benzene rings is 1. The first-order valence-electron chi connectivity index (χ1n) is 6.80. The van der Waals surface area contributed by atoms with Crippen LogP contribution in [-0.4, -0.2) is 30.1 Å². The van der Waals surface area contributed by atoms with Gasteiger partial charge in [0, 0.05) is 23.1 Å². The topological polar surface area (TPSA) is 67.4 Å². The molecule has 5 nitrogen and oxygen atoms in total. The second-order valence-electron chi connectivity index (χ2n) is 5.99. The average molecular weight is 355 g/mol. The lowest BCUT2D eigenvalue weighted by Crippen LogP contribution is -2.46. The van der Waals surface area contributed by atoms with Gasteiger partial charge in [-0.3, -0.25) is 4.79 Å². The number of hydrogen-bond acceptors (Lipinski definition) is 4. The van der Waals surface area contributed by atoms with Gasteiger partial charge in [-0.15, -0.1) is 0 Å². The molecular weight excluding hydrogens is 336 g/mol. The Hall–Kier alpha value is -1.56. The summed E-state index contributed by atoms with van der Waals surface area (Å²) in [5.41, 5.74) is 1.24. The van der Waals surface area contributed by atoms with Gasteiger partial charge in [0.1, 0.15) is 11.6 Å². The molecule has 0 saturated carbocycles. The molecule has 0 aromatic heterocycles. The Balaban J connectivity index is 2.07. The highest BCUT2D eigenvalue weighted by molar-refractivity contribution is 9.10. The Kier molecular flexibility index (Phi) is 4.56. The average Bonchev–Trinajstić information content (AvgIpc) is 2.49. The number of ether oxygens (including phenoxy) is 1. The van der Waals surface area contributed by atoms with Crippen molar-refractivity contribution >= 4 is 33.5 Å². The molecule has 1 atom stereocenters. The van der Waals surface area contributed by atoms with Gasteiger partial charge in [0.05, 0.1) is 0 Å². The molecule has 1 aliphatic heterocycles. The molecule has 6 heteroatoms. The fraction of sp³-hybridized carbons (Fsp3) is 0.467. The van der Waals surface area contributed by atoms with Crippen molar-refractivity contribution in [2.75, 3.05) is 11.9 Å². The number of rotatable bonds is 1. The number of carbonyl (C=O) groups excluding carboxylic acids is 2. The molecule has 1 aliphatic rings. The van der Waals surface area contributed by atoms with Gasteiger partial charge in [-0.05, 0) is 38.5 Å². The molecule has 0 spiro atoms. The van der Waals surface area contributed by atoms with E-state index in [4.69, 9.17) is 4.74 Å². The van der Waals surface area contributed by atoms with Crippen LogP contribution in [0.3, 0.4) is 0 Å². The number of ketones is 1. The predicted molar refractivity (Wildman–Crippen MR) is 84.5 cm³/mol. The summed E-state index contributed by atoms with van der Waals surface area (Å²) in [4.78, 5) is 24.1. The third-order valence-corrected chi connectivity index (χ3v) is 3.79. The molecule has 1 aromatic carbocycles. The van der Waals surface area contributed by atoms with E-state index in [1.807, 2.05) is 18.2 Å². The highest BCUT2D eigenvalue weighted by Crippen LogP contribution is 2.27. The minimum absolute atomic E-state index is 0.0426. The van der Waals surface area contributed by atoms with Gasteiger partial charge in [0.2, 0.25) is 0 Å². The fourth-order valence-electron chi connectivity index (χ4n) is 2.11. The van der Waals surface area contributed by atoms with Gasteiger partial charge in [0.25, 0.3) is 0 Å². The van der Waals surface area contributed by atoms with E-state index in [9.17, 15) is 9.59 Å². The van der Waals surface area contributed by atoms with Crippen LogP contribution in [0.2, 0.25) is 0 Å². The molecule has 2 rings (SSSR count). The monoisotopic (exact) mass is 354 g/mol. The van der Waals surface area contributed by atoms with Crippen LogP contribution in [-0.2, 0) is 16.0 Å². The molecule has 21 heavy (non-hydrogen) atoms. The van der Waals surface area contributed by atoms with Crippen LogP contribution in [0.15, 0.2) is 22.7 Å². The lowest BCUT2D eigenvalue weighted by Gasteiger charge is -2.22. The molecule has 0 fully saturated rings. The molecule has 0 saturated heterocycles. The molecule has 2 N–H and O–H groups in total. The van der Waals surface area contributed by atoms with Crippen LogP contribution < -0.4 is 10.6 Å². The van der Waals surface area contributed by atoms with Crippen LogP contribution >= 0.6 is 15.9 Å². The summed E-state index contributed by atoms with van der Waals surface area (Å²) in [6, 6.07) is 5.12. The summed E-state index contributed by atoms with van der Waals surface area (Å²) >= 11 is 3.45. The standard InChI is InChI=1S/C15H19BrN2O3/c1-15(2,3)21-14(20)18-12-8-17-11-6-4-5-10(16)9(11)7-13(12)19/h4-6,12,17H,7-8H2,1-3H3,(H,18,20)/t12-/m0/s1. The van der Waals surface area contributed by atoms with Gasteiger partial charge in [-0.2, -0.15) is 0 Å². The molecule has 1 amide bonds. The summed E-state index contributed by atoms with van der Waals surface area (Å²) in [5.74, 6) is -0.0426. The Morgan fingerprint density at radius 3 is 2.81 bits per heavy atom. The Morgan fingerprint density at radius 1 is 1.43 bits per heavy atom. The van der Waals surface area contributed by atoms with E-state index in [2.05, 4.69) is 26.6 Å². The van der Waals surface area contributed by atoms with E-state index >= 15 is 0 Å². The summed E-state index contributed by atoms with van der Waals surface area (Å²) < 4.78 is 6.08. The quantitative estimate of drug-likeness (QED) is 0.813. The third-order valence-electron chi connectivity index (χ3n) is 3.05. The van der Waals surface area contributed by atoms with Crippen molar-refractivity contribution in [3.63, 3.8) is 0 Å². The number of fused-ring (bicyclic) bond motifs is 1. The molecule has 0 aliphatic carbocycles. The van der Waals surface area contributed by atoms with E-state index in [1.54, 1.807) is 20.8 Å². The first kappa shape index (κ1) is 15.8. The van der Waals surface area contributed by atoms with Crippen LogP contribution in [0, 0.1) is 0 Å². The number of amides is 1. The van der Waals surface area contributed by atoms with Crippen molar-refractivity contribution in [1.82, 2.24) is 5.32 Å². The van der Waals surface area contributed by atoms with Crippen LogP contribution in [0.25, 0.3) is 0 Å². The smallest absolute Gasteiger partial charge is 0.408 e. The number of halogens is 1. The fourth-order valence-corrected chi connectivity index (χ4v) is 2.61. The van der Waals surface area contributed by atoms with Crippen molar-refractivity contribution < 1.29 is 14.3 Å². The number of Topliss-reactive ketones (excluding diaryl/α,β-unsaturated/α-hetero) is 1. The zero-order chi connectivity index (χ0) is 15.6. The first-order chi connectivity index (χ1) is 9.76. The van der Waals surface area contributed by atoms with Crippen molar-refractivity contribution in [3.05, 3.63) is 28.2 Å². The third kappa shape index (κ3) is 4.20. The first-order valence-corrected chi connectivity index (χ1v) is 7.59. The minimum atomic E-state index is -0.598. The van der Waals surface area contributed by atoms with Crippen molar-refractivity contribution in [2.24, 2.45) is 0 Å². The summed E-state index contributed by atoms with van der Waals surface area (Å²) in [5, 5.41) is 5.82. The lowest BCUT2D eigenvalue weighted by molar-refractivity contribution is -0.120. The SMILES string of the molecule is CC(C)(C)OC(=O)N[C@H]1CNc2cccc(Br)c2CC1=O. The molecule has 1 heterocycles. The molecule has 114 valence electrons. The van der Waals surface area contributed by atoms with Crippen molar-refractivity contribution in [3.8, 4) is 0 Å². The van der Waals surface area contributed by atoms with Gasteiger partial charge in [-0.25, -0.2) is 4.79 Å². The largest absolute Gasteiger partial charge is 0.444 e. The highest BCUT2D eigenvalue weighted by Gasteiger charge is 2.27. The number of carbonyl (C=O) groups is 2. The molecular formula is C15H19BrN2O3. The predicted octanol–water partition coefficient (Wildman–Crippen LogP) is 2.88. The maximum atomic E-state index is 12.3. The van der Waals surface area contributed by atoms with Crippen LogP contribution in [0.5, 0.6) is 0 Å². The molecule has 1 aromatic rings. The maximum Gasteiger partial charge on any atom is 0.408 e. The number of anilines is 1. The Bertz CT molecular complexity index is 567. The van der Waals surface area contributed by atoms with Crippen molar-refractivity contribution in [1.29, 1.82) is 0 Å². The van der Waals surface area contributed by atoms with Gasteiger partial charge in [-0.1, -0.05) is 22.0 Å². The van der Waals surface area contributed by atoms with Gasteiger partial charge in [0.15, 0.2) is 5.78 Å². The Morgan fingerprint density at radius 2 is 2.14 bits per heavy atom. The van der Waals surface area contributed by atoms with E-state index < -0.39 is 17.7 Å². The maximum absolute atomic E-state index is 12.3. The van der Waals surface area contributed by atoms with Gasteiger partial charge >= 0.3 is 6.09 Å². The second kappa shape index (κ2) is 6.05. The number of hydrogen-bond donors (Lipinski definition) is 2. The lowest BCUT2D eigenvalue weighted by atomic mass is 10.0. The summed E-state index contributed by atoms with van der Waals surface area (Å²) in [6.07, 6.45) is -0.308.